The van der Waals surface area contributed by atoms with Crippen molar-refractivity contribution in [2.75, 3.05) is 11.4 Å². The Morgan fingerprint density at radius 2 is 1.93 bits per heavy atom. The molecule has 9 heteroatoms. The predicted octanol–water partition coefficient (Wildman–Crippen LogP) is 4.35. The number of alkyl halides is 3. The fraction of sp³-hybridized carbons (Fsp3) is 0.286. The van der Waals surface area contributed by atoms with Crippen LogP contribution in [0.15, 0.2) is 30.3 Å². The van der Waals surface area contributed by atoms with Crippen LogP contribution < -0.4 is 4.90 Å². The van der Waals surface area contributed by atoms with E-state index >= 15 is 0 Å². The van der Waals surface area contributed by atoms with Gasteiger partial charge in [0.15, 0.2) is 0 Å². The molecule has 6 nitrogen and oxygen atoms in total. The summed E-state index contributed by atoms with van der Waals surface area (Å²) in [5.74, 6) is -1.12. The van der Waals surface area contributed by atoms with Crippen LogP contribution >= 0.6 is 0 Å². The normalized spacial score (nSPS) is 13.7. The number of halogens is 3. The minimum absolute atomic E-state index is 0.0232. The number of fused-ring (bicyclic) bond motifs is 2. The highest BCUT2D eigenvalue weighted by atomic mass is 19.4. The zero-order valence-electron chi connectivity index (χ0n) is 16.2. The van der Waals surface area contributed by atoms with Crippen molar-refractivity contribution in [2.24, 2.45) is 0 Å². The second-order valence-corrected chi connectivity index (χ2v) is 7.14. The van der Waals surface area contributed by atoms with E-state index < -0.39 is 23.3 Å². The van der Waals surface area contributed by atoms with Gasteiger partial charge in [0.2, 0.25) is 5.91 Å². The van der Waals surface area contributed by atoms with Crippen molar-refractivity contribution in [1.82, 2.24) is 9.55 Å². The van der Waals surface area contributed by atoms with Gasteiger partial charge in [-0.15, -0.1) is 0 Å². The van der Waals surface area contributed by atoms with Crippen molar-refractivity contribution in [2.45, 2.75) is 33.0 Å². The van der Waals surface area contributed by atoms with E-state index in [0.29, 0.717) is 37.0 Å². The lowest BCUT2D eigenvalue weighted by molar-refractivity contribution is -0.137. The van der Waals surface area contributed by atoms with E-state index in [0.717, 1.165) is 17.3 Å². The first-order valence-corrected chi connectivity index (χ1v) is 9.38. The zero-order chi connectivity index (χ0) is 21.8. The zero-order valence-corrected chi connectivity index (χ0v) is 16.2. The lowest BCUT2D eigenvalue weighted by Gasteiger charge is -2.15. The fourth-order valence-corrected chi connectivity index (χ4v) is 3.99. The van der Waals surface area contributed by atoms with E-state index in [1.807, 2.05) is 6.07 Å². The molecule has 0 atom stereocenters. The first-order chi connectivity index (χ1) is 14.1. The molecule has 1 amide bonds. The minimum atomic E-state index is -4.68. The molecule has 156 valence electrons. The predicted molar refractivity (Wildman–Crippen MR) is 105 cm³/mol. The second-order valence-electron chi connectivity index (χ2n) is 7.14. The van der Waals surface area contributed by atoms with Crippen LogP contribution in [0.5, 0.6) is 0 Å². The van der Waals surface area contributed by atoms with Crippen LogP contribution in [0.25, 0.3) is 22.4 Å². The Bertz CT molecular complexity index is 1200. The lowest BCUT2D eigenvalue weighted by Crippen LogP contribution is -2.25. The molecule has 2 heterocycles. The monoisotopic (exact) mass is 417 g/mol. The third-order valence-electron chi connectivity index (χ3n) is 5.33. The minimum Gasteiger partial charge on any atom is -0.478 e. The molecule has 0 saturated heterocycles. The maximum Gasteiger partial charge on any atom is 0.416 e. The van der Waals surface area contributed by atoms with Crippen LogP contribution in [0, 0.1) is 0 Å². The number of hydrogen-bond donors (Lipinski definition) is 1. The highest BCUT2D eigenvalue weighted by molar-refractivity contribution is 6.02. The molecular weight excluding hydrogens is 399 g/mol. The quantitative estimate of drug-likeness (QED) is 0.688. The number of carbonyl (C=O) groups excluding carboxylic acids is 1. The first kappa shape index (κ1) is 19.9. The van der Waals surface area contributed by atoms with Crippen molar-refractivity contribution in [3.05, 3.63) is 47.0 Å². The number of carbonyl (C=O) groups is 2. The molecule has 0 fully saturated rings. The topological polar surface area (TPSA) is 75.4 Å². The molecule has 3 aromatic rings. The number of benzene rings is 2. The van der Waals surface area contributed by atoms with Crippen LogP contribution in [0.1, 0.15) is 35.3 Å². The Labute approximate surface area is 169 Å². The average Bonchev–Trinajstić information content (AvgIpc) is 3.26. The summed E-state index contributed by atoms with van der Waals surface area (Å²) < 4.78 is 41.4. The van der Waals surface area contributed by atoms with Gasteiger partial charge in [0.05, 0.1) is 22.2 Å². The van der Waals surface area contributed by atoms with Gasteiger partial charge in [-0.2, -0.15) is 13.2 Å². The Morgan fingerprint density at radius 3 is 2.53 bits per heavy atom. The van der Waals surface area contributed by atoms with Gasteiger partial charge in [0, 0.05) is 31.3 Å². The Balaban J connectivity index is 1.94. The summed E-state index contributed by atoms with van der Waals surface area (Å²) in [6.07, 6.45) is -4.02. The third kappa shape index (κ3) is 3.10. The van der Waals surface area contributed by atoms with Gasteiger partial charge in [-0.25, -0.2) is 9.78 Å². The molecule has 0 bridgehead atoms. The highest BCUT2D eigenvalue weighted by Crippen LogP contribution is 2.37. The standard InChI is InChI=1S/C21H18F3N3O3/c1-3-26-18-15(20(29)30)9-14(21(22,23)24)10-16(18)25-19(26)13-4-5-17-12(8-13)6-7-27(17)11(2)28/h4-5,8-10H,3,6-7H2,1-2H3,(H,29,30). The molecule has 0 unspecified atom stereocenters. The number of rotatable bonds is 3. The molecule has 1 aliphatic heterocycles. The second kappa shape index (κ2) is 6.86. The van der Waals surface area contributed by atoms with Crippen LogP contribution in [0.4, 0.5) is 18.9 Å². The third-order valence-corrected chi connectivity index (χ3v) is 5.33. The number of anilines is 1. The van der Waals surface area contributed by atoms with E-state index in [9.17, 15) is 27.9 Å². The van der Waals surface area contributed by atoms with Crippen LogP contribution in [0.2, 0.25) is 0 Å². The Hall–Kier alpha value is -3.36. The molecule has 30 heavy (non-hydrogen) atoms. The van der Waals surface area contributed by atoms with Gasteiger partial charge < -0.3 is 14.6 Å². The number of aryl methyl sites for hydroxylation is 1. The lowest BCUT2D eigenvalue weighted by atomic mass is 10.1. The van der Waals surface area contributed by atoms with E-state index in [1.165, 1.54) is 6.92 Å². The molecule has 4 rings (SSSR count). The van der Waals surface area contributed by atoms with Crippen molar-refractivity contribution < 1.29 is 27.9 Å². The summed E-state index contributed by atoms with van der Waals surface area (Å²) in [5, 5.41) is 9.53. The smallest absolute Gasteiger partial charge is 0.416 e. The van der Waals surface area contributed by atoms with Gasteiger partial charge in [0.1, 0.15) is 5.82 Å². The summed E-state index contributed by atoms with van der Waals surface area (Å²) in [6.45, 7) is 4.16. The number of nitrogens with zero attached hydrogens (tertiary/aromatic N) is 3. The summed E-state index contributed by atoms with van der Waals surface area (Å²) in [4.78, 5) is 29.5. The molecule has 1 aromatic heterocycles. The number of carboxylic acids is 1. The summed E-state index contributed by atoms with van der Waals surface area (Å²) in [7, 11) is 0. The van der Waals surface area contributed by atoms with E-state index in [4.69, 9.17) is 0 Å². The van der Waals surface area contributed by atoms with Crippen molar-refractivity contribution in [3.8, 4) is 11.4 Å². The first-order valence-electron chi connectivity index (χ1n) is 9.38. The molecule has 0 aliphatic carbocycles. The fourth-order valence-electron chi connectivity index (χ4n) is 3.99. The molecule has 0 spiro atoms. The number of aromatic carboxylic acids is 1. The Kier molecular flexibility index (Phi) is 4.56. The molecule has 0 saturated carbocycles. The van der Waals surface area contributed by atoms with Crippen molar-refractivity contribution in [1.29, 1.82) is 0 Å². The molecule has 0 radical (unpaired) electrons. The van der Waals surface area contributed by atoms with Gasteiger partial charge in [-0.05, 0) is 49.2 Å². The molecular formula is C21H18F3N3O3. The van der Waals surface area contributed by atoms with Gasteiger partial charge >= 0.3 is 12.1 Å². The number of hydrogen-bond acceptors (Lipinski definition) is 3. The van der Waals surface area contributed by atoms with Crippen LogP contribution in [-0.4, -0.2) is 33.1 Å². The molecule has 2 aromatic carbocycles. The number of carboxylic acid groups (broad SMARTS) is 1. The summed E-state index contributed by atoms with van der Waals surface area (Å²) in [6, 6.07) is 6.92. The number of aromatic nitrogens is 2. The van der Waals surface area contributed by atoms with E-state index in [-0.39, 0.29) is 16.9 Å². The van der Waals surface area contributed by atoms with Gasteiger partial charge in [-0.1, -0.05) is 0 Å². The maximum atomic E-state index is 13.3. The van der Waals surface area contributed by atoms with Crippen LogP contribution in [-0.2, 0) is 23.9 Å². The molecule has 1 aliphatic rings. The maximum absolute atomic E-state index is 13.3. The largest absolute Gasteiger partial charge is 0.478 e. The number of amides is 1. The Morgan fingerprint density at radius 1 is 1.20 bits per heavy atom. The van der Waals surface area contributed by atoms with Crippen molar-refractivity contribution >= 4 is 28.6 Å². The average molecular weight is 417 g/mol. The summed E-state index contributed by atoms with van der Waals surface area (Å²) in [5.41, 5.74) is 1.03. The van der Waals surface area contributed by atoms with E-state index in [1.54, 1.807) is 28.5 Å². The highest BCUT2D eigenvalue weighted by Gasteiger charge is 2.33. The van der Waals surface area contributed by atoms with Gasteiger partial charge in [0.25, 0.3) is 0 Å². The summed E-state index contributed by atoms with van der Waals surface area (Å²) >= 11 is 0. The van der Waals surface area contributed by atoms with Crippen molar-refractivity contribution in [3.63, 3.8) is 0 Å². The van der Waals surface area contributed by atoms with Gasteiger partial charge in [-0.3, -0.25) is 4.79 Å². The van der Waals surface area contributed by atoms with E-state index in [2.05, 4.69) is 4.98 Å². The van der Waals surface area contributed by atoms with Crippen LogP contribution in [0.3, 0.4) is 0 Å². The SMILES string of the molecule is CCn1c(-c2ccc3c(c2)CCN3C(C)=O)nc2cc(C(F)(F)F)cc(C(=O)O)c21. The number of imidazole rings is 1. The molecule has 1 N–H and O–H groups in total.